The normalized spacial score (nSPS) is 17.2. The van der Waals surface area contributed by atoms with E-state index in [1.807, 2.05) is 12.1 Å². The van der Waals surface area contributed by atoms with E-state index < -0.39 is 12.8 Å². The van der Waals surface area contributed by atoms with E-state index >= 15 is 0 Å². The molecule has 2 rings (SSSR count). The summed E-state index contributed by atoms with van der Waals surface area (Å²) in [6, 6.07) is 5.35. The Hall–Kier alpha value is -0.750. The van der Waals surface area contributed by atoms with Gasteiger partial charge in [-0.15, -0.1) is 0 Å². The summed E-state index contributed by atoms with van der Waals surface area (Å²) in [6.45, 7) is 1.35. The van der Waals surface area contributed by atoms with Gasteiger partial charge < -0.3 is 4.74 Å². The Morgan fingerprint density at radius 2 is 1.85 bits per heavy atom. The molecule has 112 valence electrons. The zero-order valence-corrected chi connectivity index (χ0v) is 12.6. The molecule has 20 heavy (non-hydrogen) atoms. The third-order valence-electron chi connectivity index (χ3n) is 3.27. The van der Waals surface area contributed by atoms with Crippen LogP contribution in [-0.2, 0) is 6.54 Å². The van der Waals surface area contributed by atoms with Crippen molar-refractivity contribution in [2.45, 2.75) is 32.0 Å². The second-order valence-electron chi connectivity index (χ2n) is 4.97. The highest BCUT2D eigenvalue weighted by Gasteiger charge is 2.29. The molecule has 1 aromatic rings. The van der Waals surface area contributed by atoms with Crippen LogP contribution < -0.4 is 4.74 Å². The molecule has 1 aliphatic heterocycles. The van der Waals surface area contributed by atoms with Crippen LogP contribution >= 0.6 is 15.9 Å². The van der Waals surface area contributed by atoms with Crippen molar-refractivity contribution in [1.29, 1.82) is 0 Å². The van der Waals surface area contributed by atoms with E-state index in [-0.39, 0.29) is 0 Å². The molecule has 1 saturated heterocycles. The number of halogens is 4. The first-order valence-corrected chi connectivity index (χ1v) is 7.44. The minimum absolute atomic E-state index is 0.301. The average molecular weight is 352 g/mol. The summed E-state index contributed by atoms with van der Waals surface area (Å²) in [7, 11) is 0. The topological polar surface area (TPSA) is 12.5 Å². The minimum atomic E-state index is -4.32. The van der Waals surface area contributed by atoms with E-state index in [1.54, 1.807) is 6.07 Å². The Morgan fingerprint density at radius 3 is 2.50 bits per heavy atom. The third kappa shape index (κ3) is 4.66. The Kier molecular flexibility index (Phi) is 5.32. The number of hydrogen-bond acceptors (Lipinski definition) is 2. The molecule has 1 aliphatic rings. The lowest BCUT2D eigenvalue weighted by atomic mass is 10.1. The summed E-state index contributed by atoms with van der Waals surface area (Å²) in [5, 5.41) is 0. The number of hydrogen-bond donors (Lipinski definition) is 0. The van der Waals surface area contributed by atoms with Gasteiger partial charge in [0.1, 0.15) is 5.75 Å². The van der Waals surface area contributed by atoms with Crippen molar-refractivity contribution in [3.8, 4) is 5.75 Å². The van der Waals surface area contributed by atoms with Gasteiger partial charge in [-0.2, -0.15) is 13.2 Å². The van der Waals surface area contributed by atoms with E-state index in [0.29, 0.717) is 16.8 Å². The molecule has 0 saturated carbocycles. The number of ether oxygens (including phenoxy) is 1. The summed E-state index contributed by atoms with van der Waals surface area (Å²) in [5.74, 6) is 0.301. The highest BCUT2D eigenvalue weighted by molar-refractivity contribution is 9.10. The van der Waals surface area contributed by atoms with E-state index in [1.165, 1.54) is 6.42 Å². The van der Waals surface area contributed by atoms with Crippen LogP contribution in [0.25, 0.3) is 0 Å². The number of alkyl halides is 3. The molecule has 0 unspecified atom stereocenters. The summed E-state index contributed by atoms with van der Waals surface area (Å²) in [5.41, 5.74) is 0.797. The smallest absolute Gasteiger partial charge is 0.422 e. The number of piperidine rings is 1. The Labute approximate surface area is 125 Å². The second-order valence-corrected chi connectivity index (χ2v) is 5.82. The van der Waals surface area contributed by atoms with Gasteiger partial charge in [-0.05, 0) is 47.9 Å². The Morgan fingerprint density at radius 1 is 1.15 bits per heavy atom. The van der Waals surface area contributed by atoms with Crippen molar-refractivity contribution >= 4 is 15.9 Å². The van der Waals surface area contributed by atoms with Gasteiger partial charge in [0, 0.05) is 12.1 Å². The molecular formula is C14H17BrF3NO. The molecular weight excluding hydrogens is 335 g/mol. The largest absolute Gasteiger partial charge is 0.483 e. The minimum Gasteiger partial charge on any atom is -0.483 e. The van der Waals surface area contributed by atoms with Crippen LogP contribution in [0.5, 0.6) is 5.75 Å². The van der Waals surface area contributed by atoms with Gasteiger partial charge in [0.2, 0.25) is 0 Å². The molecule has 1 fully saturated rings. The van der Waals surface area contributed by atoms with Gasteiger partial charge in [-0.3, -0.25) is 4.90 Å². The van der Waals surface area contributed by atoms with Crippen molar-refractivity contribution in [3.05, 3.63) is 28.2 Å². The van der Waals surface area contributed by atoms with Gasteiger partial charge >= 0.3 is 6.18 Å². The van der Waals surface area contributed by atoms with Crippen LogP contribution in [0.4, 0.5) is 13.2 Å². The van der Waals surface area contributed by atoms with Gasteiger partial charge in [0.25, 0.3) is 0 Å². The van der Waals surface area contributed by atoms with Gasteiger partial charge in [-0.25, -0.2) is 0 Å². The number of para-hydroxylation sites is 1. The second kappa shape index (κ2) is 6.80. The van der Waals surface area contributed by atoms with Gasteiger partial charge in [0.15, 0.2) is 6.61 Å². The number of benzene rings is 1. The van der Waals surface area contributed by atoms with Gasteiger partial charge in [0.05, 0.1) is 4.47 Å². The first-order chi connectivity index (χ1) is 9.46. The molecule has 6 heteroatoms. The standard InChI is InChI=1S/C14H17BrF3NO/c15-12-6-4-5-11(9-19-7-2-1-3-8-19)13(12)20-10-14(16,17)18/h4-6H,1-3,7-10H2. The molecule has 0 spiro atoms. The van der Waals surface area contributed by atoms with Crippen LogP contribution in [0.1, 0.15) is 24.8 Å². The predicted octanol–water partition coefficient (Wildman–Crippen LogP) is 4.38. The average Bonchev–Trinajstić information content (AvgIpc) is 2.38. The third-order valence-corrected chi connectivity index (χ3v) is 3.90. The van der Waals surface area contributed by atoms with E-state index in [2.05, 4.69) is 20.8 Å². The van der Waals surface area contributed by atoms with Crippen LogP contribution in [0.2, 0.25) is 0 Å². The molecule has 1 aromatic carbocycles. The van der Waals surface area contributed by atoms with Crippen molar-refractivity contribution < 1.29 is 17.9 Å². The lowest BCUT2D eigenvalue weighted by Crippen LogP contribution is -2.29. The van der Waals surface area contributed by atoms with E-state index in [0.717, 1.165) is 31.5 Å². The first-order valence-electron chi connectivity index (χ1n) is 6.65. The molecule has 0 amide bonds. The maximum Gasteiger partial charge on any atom is 0.422 e. The van der Waals surface area contributed by atoms with Crippen molar-refractivity contribution in [1.82, 2.24) is 4.90 Å². The fourth-order valence-corrected chi connectivity index (χ4v) is 2.87. The lowest BCUT2D eigenvalue weighted by Gasteiger charge is -2.27. The quantitative estimate of drug-likeness (QED) is 0.798. The van der Waals surface area contributed by atoms with Crippen LogP contribution in [0, 0.1) is 0 Å². The van der Waals surface area contributed by atoms with Crippen molar-refractivity contribution in [2.75, 3.05) is 19.7 Å². The molecule has 0 atom stereocenters. The molecule has 0 bridgehead atoms. The summed E-state index contributed by atoms with van der Waals surface area (Å²) < 4.78 is 42.5. The number of nitrogens with zero attached hydrogens (tertiary/aromatic N) is 1. The van der Waals surface area contributed by atoms with Crippen LogP contribution in [0.15, 0.2) is 22.7 Å². The Balaban J connectivity index is 2.08. The molecule has 2 nitrogen and oxygen atoms in total. The molecule has 0 radical (unpaired) electrons. The van der Waals surface area contributed by atoms with Crippen LogP contribution in [-0.4, -0.2) is 30.8 Å². The van der Waals surface area contributed by atoms with E-state index in [4.69, 9.17) is 4.74 Å². The lowest BCUT2D eigenvalue weighted by molar-refractivity contribution is -0.153. The van der Waals surface area contributed by atoms with Crippen LogP contribution in [0.3, 0.4) is 0 Å². The fraction of sp³-hybridized carbons (Fsp3) is 0.571. The summed E-state index contributed by atoms with van der Waals surface area (Å²) in [4.78, 5) is 2.26. The molecule has 0 aromatic heterocycles. The van der Waals surface area contributed by atoms with Crippen molar-refractivity contribution in [3.63, 3.8) is 0 Å². The molecule has 1 heterocycles. The summed E-state index contributed by atoms with van der Waals surface area (Å²) in [6.07, 6.45) is -0.802. The monoisotopic (exact) mass is 351 g/mol. The zero-order valence-electron chi connectivity index (χ0n) is 11.0. The SMILES string of the molecule is FC(F)(F)COc1c(Br)cccc1CN1CCCCC1. The highest BCUT2D eigenvalue weighted by Crippen LogP contribution is 2.32. The highest BCUT2D eigenvalue weighted by atomic mass is 79.9. The van der Waals surface area contributed by atoms with Gasteiger partial charge in [-0.1, -0.05) is 18.6 Å². The predicted molar refractivity (Wildman–Crippen MR) is 74.8 cm³/mol. The number of rotatable bonds is 4. The maximum atomic E-state index is 12.3. The maximum absolute atomic E-state index is 12.3. The van der Waals surface area contributed by atoms with Crippen molar-refractivity contribution in [2.24, 2.45) is 0 Å². The molecule has 0 N–H and O–H groups in total. The first kappa shape index (κ1) is 15.6. The fourth-order valence-electron chi connectivity index (χ4n) is 2.35. The molecule has 0 aliphatic carbocycles. The summed E-state index contributed by atoms with van der Waals surface area (Å²) >= 11 is 3.27. The number of likely N-dealkylation sites (tertiary alicyclic amines) is 1. The zero-order chi connectivity index (χ0) is 14.6. The van der Waals surface area contributed by atoms with E-state index in [9.17, 15) is 13.2 Å². The Bertz CT molecular complexity index is 445.